The minimum absolute atomic E-state index is 0.0291. The van der Waals surface area contributed by atoms with E-state index in [1.54, 1.807) is 6.07 Å². The summed E-state index contributed by atoms with van der Waals surface area (Å²) in [7, 11) is 0. The molecule has 0 unspecified atom stereocenters. The Morgan fingerprint density at radius 3 is 2.58 bits per heavy atom. The summed E-state index contributed by atoms with van der Waals surface area (Å²) in [6, 6.07) is 7.49. The molecule has 1 aromatic heterocycles. The number of hydrogen-bond donors (Lipinski definition) is 4. The molecule has 4 atom stereocenters. The highest BCUT2D eigenvalue weighted by Crippen LogP contribution is 2.38. The van der Waals surface area contributed by atoms with E-state index in [2.05, 4.69) is 4.98 Å². The first-order valence-electron chi connectivity index (χ1n) is 7.62. The Bertz CT molecular complexity index is 889. The van der Waals surface area contributed by atoms with E-state index in [0.717, 1.165) is 0 Å². The molecule has 2 aromatic rings. The summed E-state index contributed by atoms with van der Waals surface area (Å²) >= 11 is 0. The van der Waals surface area contributed by atoms with Gasteiger partial charge in [-0.2, -0.15) is 4.98 Å². The molecule has 0 aliphatic carbocycles. The quantitative estimate of drug-likeness (QED) is 0.484. The molecule has 138 valence electrons. The summed E-state index contributed by atoms with van der Waals surface area (Å²) in [5.74, 6) is -2.74. The zero-order valence-corrected chi connectivity index (χ0v) is 13.3. The fourth-order valence-electron chi connectivity index (χ4n) is 2.93. The molecule has 0 spiro atoms. The van der Waals surface area contributed by atoms with E-state index in [4.69, 9.17) is 10.5 Å². The van der Waals surface area contributed by atoms with Crippen molar-refractivity contribution in [2.45, 2.75) is 24.0 Å². The number of aromatic nitrogens is 2. The summed E-state index contributed by atoms with van der Waals surface area (Å²) in [4.78, 5) is 28.7. The summed E-state index contributed by atoms with van der Waals surface area (Å²) in [6.07, 6.45) is -4.50. The molecule has 1 aromatic carbocycles. The number of anilines is 1. The van der Waals surface area contributed by atoms with Gasteiger partial charge in [-0.05, 0) is 0 Å². The van der Waals surface area contributed by atoms with Crippen LogP contribution >= 0.6 is 0 Å². The van der Waals surface area contributed by atoms with Crippen LogP contribution in [0.15, 0.2) is 41.3 Å². The first-order valence-corrected chi connectivity index (χ1v) is 7.62. The smallest absolute Gasteiger partial charge is 0.352 e. The number of nitrogens with zero attached hydrogens (tertiary/aromatic N) is 2. The minimum Gasteiger partial charge on any atom is -0.394 e. The zero-order valence-electron chi connectivity index (χ0n) is 13.3. The summed E-state index contributed by atoms with van der Waals surface area (Å²) in [5, 5.41) is 30.0. The predicted molar refractivity (Wildman–Crippen MR) is 85.6 cm³/mol. The van der Waals surface area contributed by atoms with E-state index in [9.17, 15) is 29.3 Å². The number of rotatable bonds is 4. The van der Waals surface area contributed by atoms with E-state index in [1.807, 2.05) is 0 Å². The van der Waals surface area contributed by atoms with Gasteiger partial charge in [0, 0.05) is 5.56 Å². The Balaban J connectivity index is 2.26. The number of aliphatic hydroxyl groups excluding tert-OH is 3. The highest BCUT2D eigenvalue weighted by molar-refractivity contribution is 6.01. The number of ether oxygens (including phenoxy) is 1. The van der Waals surface area contributed by atoms with Crippen LogP contribution < -0.4 is 11.4 Å². The van der Waals surface area contributed by atoms with Crippen molar-refractivity contribution in [2.75, 3.05) is 12.3 Å². The van der Waals surface area contributed by atoms with Gasteiger partial charge in [-0.1, -0.05) is 30.3 Å². The van der Waals surface area contributed by atoms with Crippen LogP contribution in [0.4, 0.5) is 10.2 Å². The van der Waals surface area contributed by atoms with Crippen LogP contribution in [0.3, 0.4) is 0 Å². The molecule has 5 N–H and O–H groups in total. The van der Waals surface area contributed by atoms with Crippen molar-refractivity contribution in [3.8, 4) is 0 Å². The van der Waals surface area contributed by atoms with Gasteiger partial charge < -0.3 is 25.8 Å². The lowest BCUT2D eigenvalue weighted by Gasteiger charge is -2.32. The lowest BCUT2D eigenvalue weighted by Crippen LogP contribution is -2.56. The molecule has 1 fully saturated rings. The monoisotopic (exact) mass is 365 g/mol. The third-order valence-corrected chi connectivity index (χ3v) is 4.24. The number of carbonyl (C=O) groups is 1. The third kappa shape index (κ3) is 2.59. The first-order chi connectivity index (χ1) is 12.3. The van der Waals surface area contributed by atoms with E-state index in [1.165, 1.54) is 24.3 Å². The van der Waals surface area contributed by atoms with Crippen molar-refractivity contribution in [2.24, 2.45) is 0 Å². The summed E-state index contributed by atoms with van der Waals surface area (Å²) < 4.78 is 19.8. The van der Waals surface area contributed by atoms with Crippen molar-refractivity contribution in [3.63, 3.8) is 0 Å². The number of carbonyl (C=O) groups excluding carboxylic acids is 1. The van der Waals surface area contributed by atoms with Crippen LogP contribution in [-0.2, 0) is 10.5 Å². The molecule has 1 aliphatic rings. The molecular weight excluding hydrogens is 349 g/mol. The molecule has 0 bridgehead atoms. The molecule has 1 aliphatic heterocycles. The number of Topliss-reactive ketones (excluding diaryl/α,β-unsaturated/α-hetero) is 1. The van der Waals surface area contributed by atoms with Gasteiger partial charge in [-0.25, -0.2) is 9.18 Å². The topological polar surface area (TPSA) is 148 Å². The van der Waals surface area contributed by atoms with Crippen LogP contribution in [0.2, 0.25) is 0 Å². The van der Waals surface area contributed by atoms with Crippen molar-refractivity contribution < 1.29 is 29.2 Å². The Labute approximate surface area is 146 Å². The minimum atomic E-state index is -2.52. The largest absolute Gasteiger partial charge is 0.394 e. The van der Waals surface area contributed by atoms with Crippen LogP contribution in [0.1, 0.15) is 10.4 Å². The number of benzene rings is 1. The number of nitrogens with two attached hydrogens (primary N) is 1. The Kier molecular flexibility index (Phi) is 4.59. The lowest BCUT2D eigenvalue weighted by molar-refractivity contribution is -0.118. The molecule has 9 nitrogen and oxygen atoms in total. The van der Waals surface area contributed by atoms with E-state index in [-0.39, 0.29) is 5.56 Å². The van der Waals surface area contributed by atoms with Crippen LogP contribution in [0, 0.1) is 5.82 Å². The van der Waals surface area contributed by atoms with Gasteiger partial charge in [0.15, 0.2) is 11.6 Å². The van der Waals surface area contributed by atoms with Gasteiger partial charge in [-0.15, -0.1) is 0 Å². The number of hydrogen-bond acceptors (Lipinski definition) is 8. The van der Waals surface area contributed by atoms with E-state index < -0.39 is 53.8 Å². The maximum absolute atomic E-state index is 13.9. The standard InChI is InChI=1S/C16H16FN3O6/c17-9-6-20(15(25)19-14(9)18)16(12(23)8-4-2-1-3-5-8)13(24)11(22)10(7-21)26-16/h1-6,10-11,13,21-22,24H,7H2,(H2,18,19,25)/t10-,11-,13-,16-/m1/s1. The predicted octanol–water partition coefficient (Wildman–Crippen LogP) is -1.39. The SMILES string of the molecule is Nc1nc(=O)n([C@]2(C(=O)c3ccccc3)O[C@H](CO)[C@@H](O)[C@H]2O)cc1F. The maximum Gasteiger partial charge on any atom is 0.352 e. The highest BCUT2D eigenvalue weighted by atomic mass is 19.1. The fraction of sp³-hybridized carbons (Fsp3) is 0.312. The first kappa shape index (κ1) is 18.1. The highest BCUT2D eigenvalue weighted by Gasteiger charge is 2.61. The molecule has 0 saturated carbocycles. The van der Waals surface area contributed by atoms with Gasteiger partial charge >= 0.3 is 5.69 Å². The maximum atomic E-state index is 13.9. The van der Waals surface area contributed by atoms with Gasteiger partial charge in [0.2, 0.25) is 11.5 Å². The molecule has 3 rings (SSSR count). The second kappa shape index (κ2) is 6.57. The molecular formula is C16H16FN3O6. The number of aliphatic hydroxyl groups is 3. The van der Waals surface area contributed by atoms with Crippen molar-refractivity contribution in [1.29, 1.82) is 0 Å². The normalized spacial score (nSPS) is 28.2. The molecule has 1 saturated heterocycles. The molecule has 26 heavy (non-hydrogen) atoms. The van der Waals surface area contributed by atoms with Crippen molar-refractivity contribution in [1.82, 2.24) is 9.55 Å². The van der Waals surface area contributed by atoms with E-state index >= 15 is 0 Å². The molecule has 10 heteroatoms. The van der Waals surface area contributed by atoms with Crippen molar-refractivity contribution in [3.05, 3.63) is 58.4 Å². The van der Waals surface area contributed by atoms with Gasteiger partial charge in [0.05, 0.1) is 12.8 Å². The Morgan fingerprint density at radius 2 is 2.00 bits per heavy atom. The Hall–Kier alpha value is -2.66. The van der Waals surface area contributed by atoms with Crippen LogP contribution in [0.5, 0.6) is 0 Å². The summed E-state index contributed by atoms with van der Waals surface area (Å²) in [6.45, 7) is -0.748. The third-order valence-electron chi connectivity index (χ3n) is 4.24. The van der Waals surface area contributed by atoms with Crippen molar-refractivity contribution >= 4 is 11.6 Å². The Morgan fingerprint density at radius 1 is 1.35 bits per heavy atom. The number of nitrogen functional groups attached to an aromatic ring is 1. The fourth-order valence-corrected chi connectivity index (χ4v) is 2.93. The van der Waals surface area contributed by atoms with E-state index in [0.29, 0.717) is 10.8 Å². The second-order valence-electron chi connectivity index (χ2n) is 5.79. The zero-order chi connectivity index (χ0) is 19.1. The number of ketones is 1. The molecule has 0 radical (unpaired) electrons. The lowest BCUT2D eigenvalue weighted by atomic mass is 9.93. The van der Waals surface area contributed by atoms with Gasteiger partial charge in [0.25, 0.3) is 0 Å². The summed E-state index contributed by atoms with van der Waals surface area (Å²) in [5.41, 5.74) is 1.60. The molecule has 2 heterocycles. The van der Waals surface area contributed by atoms with Crippen LogP contribution in [0.25, 0.3) is 0 Å². The van der Waals surface area contributed by atoms with Crippen LogP contribution in [-0.4, -0.2) is 55.6 Å². The average molecular weight is 365 g/mol. The average Bonchev–Trinajstić information content (AvgIpc) is 2.90. The molecule has 0 amide bonds. The van der Waals surface area contributed by atoms with Gasteiger partial charge in [-0.3, -0.25) is 9.36 Å². The van der Waals surface area contributed by atoms with Gasteiger partial charge in [0.1, 0.15) is 18.3 Å². The second-order valence-corrected chi connectivity index (χ2v) is 5.79. The number of halogens is 1.